The molecular formula is C16H15N5S. The summed E-state index contributed by atoms with van der Waals surface area (Å²) in [6.45, 7) is 2.05. The topological polar surface area (TPSA) is 68.2 Å². The van der Waals surface area contributed by atoms with Crippen molar-refractivity contribution in [1.82, 2.24) is 14.4 Å². The minimum Gasteiger partial charge on any atom is -0.399 e. The monoisotopic (exact) mass is 309 g/mol. The molecule has 0 amide bonds. The van der Waals surface area contributed by atoms with Crippen molar-refractivity contribution in [1.29, 1.82) is 0 Å². The molecule has 4 rings (SSSR count). The quantitative estimate of drug-likeness (QED) is 0.556. The summed E-state index contributed by atoms with van der Waals surface area (Å²) in [5, 5.41) is 3.12. The molecule has 0 fully saturated rings. The minimum absolute atomic E-state index is 0.766. The number of nitrogens with one attached hydrogen (secondary N) is 1. The highest BCUT2D eigenvalue weighted by molar-refractivity contribution is 7.21. The molecule has 3 heterocycles. The van der Waals surface area contributed by atoms with Crippen LogP contribution in [0.5, 0.6) is 0 Å². The second kappa shape index (κ2) is 4.71. The van der Waals surface area contributed by atoms with Crippen LogP contribution in [-0.2, 0) is 0 Å². The molecule has 0 unspecified atom stereocenters. The number of hydrogen-bond donors (Lipinski definition) is 2. The van der Waals surface area contributed by atoms with Crippen LogP contribution in [0.25, 0.3) is 26.4 Å². The Kier molecular flexibility index (Phi) is 2.80. The highest BCUT2D eigenvalue weighted by Gasteiger charge is 2.14. The summed E-state index contributed by atoms with van der Waals surface area (Å²) < 4.78 is 2.15. The first-order chi connectivity index (χ1) is 10.7. The van der Waals surface area contributed by atoms with Crippen LogP contribution in [-0.4, -0.2) is 21.4 Å². The van der Waals surface area contributed by atoms with Gasteiger partial charge in [-0.25, -0.2) is 9.97 Å². The van der Waals surface area contributed by atoms with Crippen LogP contribution >= 0.6 is 11.3 Å². The maximum Gasteiger partial charge on any atom is 0.181 e. The van der Waals surface area contributed by atoms with Crippen molar-refractivity contribution in [2.45, 2.75) is 6.92 Å². The molecule has 0 saturated heterocycles. The van der Waals surface area contributed by atoms with Gasteiger partial charge in [0.2, 0.25) is 0 Å². The van der Waals surface area contributed by atoms with Gasteiger partial charge in [-0.3, -0.25) is 4.40 Å². The van der Waals surface area contributed by atoms with E-state index in [-0.39, 0.29) is 0 Å². The number of thiophene rings is 1. The molecule has 4 aromatic rings. The molecule has 5 nitrogen and oxygen atoms in total. The molecule has 0 aliphatic heterocycles. The molecule has 0 radical (unpaired) electrons. The Bertz CT molecular complexity index is 999. The Morgan fingerprint density at radius 1 is 1.27 bits per heavy atom. The molecule has 0 aliphatic carbocycles. The summed E-state index contributed by atoms with van der Waals surface area (Å²) in [6, 6.07) is 10.0. The van der Waals surface area contributed by atoms with Crippen LogP contribution in [0.15, 0.2) is 36.5 Å². The first-order valence-electron chi connectivity index (χ1n) is 6.98. The van der Waals surface area contributed by atoms with E-state index in [0.717, 1.165) is 43.6 Å². The number of fused-ring (bicyclic) bond motifs is 3. The van der Waals surface area contributed by atoms with E-state index in [2.05, 4.69) is 38.7 Å². The Labute approximate surface area is 131 Å². The average Bonchev–Trinajstić information content (AvgIpc) is 3.10. The molecule has 0 atom stereocenters. The van der Waals surface area contributed by atoms with Crippen molar-refractivity contribution < 1.29 is 0 Å². The number of benzene rings is 1. The molecule has 3 aromatic heterocycles. The van der Waals surface area contributed by atoms with Crippen LogP contribution in [0.3, 0.4) is 0 Å². The molecular weight excluding hydrogens is 294 g/mol. The number of imidazole rings is 1. The van der Waals surface area contributed by atoms with Crippen molar-refractivity contribution in [3.63, 3.8) is 0 Å². The van der Waals surface area contributed by atoms with Crippen LogP contribution < -0.4 is 11.1 Å². The van der Waals surface area contributed by atoms with Gasteiger partial charge < -0.3 is 11.1 Å². The van der Waals surface area contributed by atoms with Crippen molar-refractivity contribution in [2.75, 3.05) is 18.1 Å². The summed E-state index contributed by atoms with van der Waals surface area (Å²) in [6.07, 6.45) is 1.87. The van der Waals surface area contributed by atoms with Gasteiger partial charge in [-0.1, -0.05) is 12.1 Å². The van der Waals surface area contributed by atoms with Crippen LogP contribution in [0.1, 0.15) is 5.69 Å². The third-order valence-electron chi connectivity index (χ3n) is 3.69. The molecule has 0 aliphatic rings. The molecule has 0 bridgehead atoms. The van der Waals surface area contributed by atoms with Crippen LogP contribution in [0.2, 0.25) is 0 Å². The highest BCUT2D eigenvalue weighted by Crippen LogP contribution is 2.35. The summed E-state index contributed by atoms with van der Waals surface area (Å²) in [7, 11) is 1.86. The fraction of sp³-hybridized carbons (Fsp3) is 0.125. The minimum atomic E-state index is 0.766. The number of hydrogen-bond acceptors (Lipinski definition) is 5. The van der Waals surface area contributed by atoms with E-state index in [9.17, 15) is 0 Å². The second-order valence-electron chi connectivity index (χ2n) is 5.20. The lowest BCUT2D eigenvalue weighted by Gasteiger charge is -2.04. The predicted molar refractivity (Wildman–Crippen MR) is 92.5 cm³/mol. The van der Waals surface area contributed by atoms with E-state index in [1.807, 2.05) is 31.4 Å². The van der Waals surface area contributed by atoms with Crippen LogP contribution in [0, 0.1) is 6.92 Å². The van der Waals surface area contributed by atoms with E-state index in [0.29, 0.717) is 0 Å². The standard InChI is InChI=1S/C16H15N5S/c1-9-8-19-15-14(18-2)20-12-7-13(22-16(12)21(9)15)10-4-3-5-11(17)6-10/h3-8H,17H2,1-2H3,(H,18,20). The number of aromatic nitrogens is 3. The zero-order chi connectivity index (χ0) is 15.3. The Balaban J connectivity index is 2.05. The number of anilines is 2. The fourth-order valence-corrected chi connectivity index (χ4v) is 3.80. The van der Waals surface area contributed by atoms with Gasteiger partial charge in [-0.05, 0) is 30.7 Å². The highest BCUT2D eigenvalue weighted by atomic mass is 32.1. The average molecular weight is 309 g/mol. The number of nitrogens with two attached hydrogens (primary N) is 1. The van der Waals surface area contributed by atoms with E-state index < -0.39 is 0 Å². The third-order valence-corrected chi connectivity index (χ3v) is 4.85. The molecule has 6 heteroatoms. The zero-order valence-corrected chi connectivity index (χ0v) is 13.1. The van der Waals surface area contributed by atoms with Gasteiger partial charge in [0.1, 0.15) is 10.3 Å². The SMILES string of the molecule is CNc1nc2cc(-c3cccc(N)c3)sc2n2c(C)cnc12. The van der Waals surface area contributed by atoms with Crippen LogP contribution in [0.4, 0.5) is 11.5 Å². The normalized spacial score (nSPS) is 11.4. The maximum atomic E-state index is 5.90. The molecule has 1 aromatic carbocycles. The van der Waals surface area contributed by atoms with Gasteiger partial charge in [-0.15, -0.1) is 11.3 Å². The molecule has 0 saturated carbocycles. The van der Waals surface area contributed by atoms with Gasteiger partial charge >= 0.3 is 0 Å². The molecule has 110 valence electrons. The second-order valence-corrected chi connectivity index (χ2v) is 6.23. The van der Waals surface area contributed by atoms with Crippen molar-refractivity contribution in [2.24, 2.45) is 0 Å². The first kappa shape index (κ1) is 13.1. The fourth-order valence-electron chi connectivity index (χ4n) is 2.64. The molecule has 22 heavy (non-hydrogen) atoms. The largest absolute Gasteiger partial charge is 0.399 e. The molecule has 0 spiro atoms. The smallest absolute Gasteiger partial charge is 0.181 e. The summed E-state index contributed by atoms with van der Waals surface area (Å²) in [5.74, 6) is 0.789. The van der Waals surface area contributed by atoms with Gasteiger partial charge in [0.25, 0.3) is 0 Å². The lowest BCUT2D eigenvalue weighted by molar-refractivity contribution is 1.15. The summed E-state index contributed by atoms with van der Waals surface area (Å²) in [4.78, 5) is 11.4. The van der Waals surface area contributed by atoms with E-state index in [1.54, 1.807) is 11.3 Å². The van der Waals surface area contributed by atoms with Crippen molar-refractivity contribution >= 4 is 38.8 Å². The maximum absolute atomic E-state index is 5.90. The third kappa shape index (κ3) is 1.84. The van der Waals surface area contributed by atoms with Crippen molar-refractivity contribution in [3.8, 4) is 10.4 Å². The Morgan fingerprint density at radius 3 is 2.91 bits per heavy atom. The van der Waals surface area contributed by atoms with Gasteiger partial charge in [0, 0.05) is 29.5 Å². The van der Waals surface area contributed by atoms with Crippen molar-refractivity contribution in [3.05, 3.63) is 42.2 Å². The summed E-state index contributed by atoms with van der Waals surface area (Å²) >= 11 is 1.70. The number of rotatable bonds is 2. The van der Waals surface area contributed by atoms with Gasteiger partial charge in [0.05, 0.1) is 0 Å². The van der Waals surface area contributed by atoms with E-state index in [4.69, 9.17) is 5.73 Å². The zero-order valence-electron chi connectivity index (χ0n) is 12.3. The summed E-state index contributed by atoms with van der Waals surface area (Å²) in [5.41, 5.74) is 10.7. The number of nitrogens with zero attached hydrogens (tertiary/aromatic N) is 3. The van der Waals surface area contributed by atoms with E-state index in [1.165, 1.54) is 0 Å². The predicted octanol–water partition coefficient (Wildman–Crippen LogP) is 3.54. The number of nitrogen functional groups attached to an aromatic ring is 1. The van der Waals surface area contributed by atoms with E-state index >= 15 is 0 Å². The first-order valence-corrected chi connectivity index (χ1v) is 7.80. The lowest BCUT2D eigenvalue weighted by Crippen LogP contribution is -1.98. The van der Waals surface area contributed by atoms with Gasteiger partial charge in [-0.2, -0.15) is 0 Å². The Morgan fingerprint density at radius 2 is 2.14 bits per heavy atom. The lowest BCUT2D eigenvalue weighted by atomic mass is 10.2. The number of aryl methyl sites for hydroxylation is 1. The Hall–Kier alpha value is -2.60. The van der Waals surface area contributed by atoms with Gasteiger partial charge in [0.15, 0.2) is 11.5 Å². The molecule has 3 N–H and O–H groups in total.